The maximum absolute atomic E-state index is 11.9. The maximum atomic E-state index is 11.9. The average molecular weight is 672 g/mol. The van der Waals surface area contributed by atoms with Crippen molar-refractivity contribution in [3.05, 3.63) is 45.8 Å². The molecule has 13 heteroatoms. The molecule has 1 aromatic carbocycles. The Balaban J connectivity index is 0. The van der Waals surface area contributed by atoms with Gasteiger partial charge < -0.3 is 35.1 Å². The molecule has 0 aliphatic carbocycles. The van der Waals surface area contributed by atoms with E-state index in [-0.39, 0.29) is 206 Å². The standard InChI is InChI=1S/C20H26N4O6.3Rb/c25-14-21-7-1-10-30-11-8-22-17(26)13-18(27)23-16-4-2-15(3-5-16)12-20(29)24-9-6-19(24)28;;;/h2-5,14H,1,6-13H2,(H3,21,22,23,25,26,27);;;/q;3*+1/p-3. The second-order valence-corrected chi connectivity index (χ2v) is 6.47. The largest absolute Gasteiger partial charge is 1.00 e. The summed E-state index contributed by atoms with van der Waals surface area (Å²) < 4.78 is 5.23. The van der Waals surface area contributed by atoms with Gasteiger partial charge in [0.05, 0.1) is 18.2 Å². The van der Waals surface area contributed by atoms with Gasteiger partial charge in [0.1, 0.15) is 0 Å². The molecule has 5 amide bonds. The van der Waals surface area contributed by atoms with E-state index >= 15 is 0 Å². The molecule has 1 aliphatic heterocycles. The number of carbonyl (C=O) groups excluding carboxylic acids is 5. The summed E-state index contributed by atoms with van der Waals surface area (Å²) in [4.78, 5) is 58.0. The smallest absolute Gasteiger partial charge is 0.656 e. The monoisotopic (exact) mass is 670 g/mol. The zero-order chi connectivity index (χ0) is 21.8. The summed E-state index contributed by atoms with van der Waals surface area (Å²) >= 11 is 0. The van der Waals surface area contributed by atoms with E-state index in [0.717, 1.165) is 0 Å². The molecule has 0 spiro atoms. The van der Waals surface area contributed by atoms with Crippen molar-refractivity contribution in [1.82, 2.24) is 4.90 Å². The second-order valence-electron chi connectivity index (χ2n) is 6.47. The molecule has 1 aliphatic rings. The van der Waals surface area contributed by atoms with Crippen molar-refractivity contribution in [2.75, 3.05) is 32.8 Å². The number of nitrogens with zero attached hydrogens (tertiary/aromatic N) is 4. The number of amides is 5. The third-order valence-corrected chi connectivity index (χ3v) is 4.17. The first-order chi connectivity index (χ1) is 14.5. The SMILES string of the molecule is O=C[N-]CCCOCC[N-]C(=O)CC(=O)[N-]c1ccc(CC(=O)N2CCC2=O)cc1.[Rb+].[Rb+].[Rb+]. The van der Waals surface area contributed by atoms with E-state index in [2.05, 4.69) is 16.0 Å². The van der Waals surface area contributed by atoms with Crippen LogP contribution in [-0.2, 0) is 35.1 Å². The molecule has 33 heavy (non-hydrogen) atoms. The van der Waals surface area contributed by atoms with Crippen LogP contribution in [0, 0.1) is 0 Å². The quantitative estimate of drug-likeness (QED) is 0.0884. The van der Waals surface area contributed by atoms with Crippen LogP contribution in [0.5, 0.6) is 0 Å². The zero-order valence-electron chi connectivity index (χ0n) is 19.5. The number of carbonyl (C=O) groups is 5. The fourth-order valence-electron chi connectivity index (χ4n) is 2.55. The van der Waals surface area contributed by atoms with E-state index in [9.17, 15) is 24.0 Å². The minimum absolute atomic E-state index is 0. The molecule has 162 valence electrons. The Morgan fingerprint density at radius 2 is 1.70 bits per heavy atom. The summed E-state index contributed by atoms with van der Waals surface area (Å²) in [6.07, 6.45) is 1.17. The molecular formula is C20H23N4O6Rb3. The Kier molecular flexibility index (Phi) is 25.0. The molecule has 0 atom stereocenters. The summed E-state index contributed by atoms with van der Waals surface area (Å²) in [5.41, 5.74) is 1.07. The third kappa shape index (κ3) is 15.9. The van der Waals surface area contributed by atoms with E-state index in [4.69, 9.17) is 4.74 Å². The van der Waals surface area contributed by atoms with Crippen LogP contribution in [-0.4, -0.2) is 67.8 Å². The van der Waals surface area contributed by atoms with Gasteiger partial charge in [-0.05, 0) is 12.0 Å². The summed E-state index contributed by atoms with van der Waals surface area (Å²) in [5, 5.41) is 11.1. The molecule has 0 bridgehead atoms. The van der Waals surface area contributed by atoms with Crippen molar-refractivity contribution in [2.45, 2.75) is 25.7 Å². The molecule has 0 N–H and O–H groups in total. The molecular weight excluding hydrogens is 649 g/mol. The number of likely N-dealkylation sites (tertiary alicyclic amines) is 1. The Hall–Kier alpha value is 2.15. The number of hydrogen-bond donors (Lipinski definition) is 0. The first kappa shape index (κ1) is 37.3. The van der Waals surface area contributed by atoms with Crippen LogP contribution in [0.15, 0.2) is 24.3 Å². The first-order valence-corrected chi connectivity index (χ1v) is 9.54. The fourth-order valence-corrected chi connectivity index (χ4v) is 2.55. The van der Waals surface area contributed by atoms with Crippen molar-refractivity contribution in [3.63, 3.8) is 0 Å². The second kappa shape index (κ2) is 22.2. The van der Waals surface area contributed by atoms with Gasteiger partial charge in [0.25, 0.3) is 0 Å². The number of β-lactam (4-membered cyclic amide) rings is 1. The van der Waals surface area contributed by atoms with Gasteiger partial charge in [-0.15, -0.1) is 18.8 Å². The molecule has 0 saturated carbocycles. The topological polar surface area (TPSA) is 140 Å². The van der Waals surface area contributed by atoms with Crippen LogP contribution in [0.1, 0.15) is 24.8 Å². The van der Waals surface area contributed by atoms with Crippen molar-refractivity contribution in [2.24, 2.45) is 0 Å². The first-order valence-electron chi connectivity index (χ1n) is 9.54. The van der Waals surface area contributed by atoms with Crippen molar-refractivity contribution < 1.29 is 203 Å². The number of hydrogen-bond acceptors (Lipinski definition) is 6. The van der Waals surface area contributed by atoms with Gasteiger partial charge in [0.15, 0.2) is 0 Å². The minimum Gasteiger partial charge on any atom is -0.656 e. The molecule has 1 aromatic rings. The molecule has 1 heterocycles. The summed E-state index contributed by atoms with van der Waals surface area (Å²) in [6.45, 7) is 1.64. The Labute approximate surface area is 340 Å². The van der Waals surface area contributed by atoms with Crippen LogP contribution in [0.25, 0.3) is 16.0 Å². The van der Waals surface area contributed by atoms with E-state index < -0.39 is 18.2 Å². The fraction of sp³-hybridized carbons (Fsp3) is 0.450. The van der Waals surface area contributed by atoms with Gasteiger partial charge in [-0.25, -0.2) is 0 Å². The normalized spacial score (nSPS) is 11.5. The zero-order valence-corrected chi connectivity index (χ0v) is 34.2. The van der Waals surface area contributed by atoms with Gasteiger partial charge in [0, 0.05) is 39.0 Å². The van der Waals surface area contributed by atoms with Gasteiger partial charge in [0.2, 0.25) is 11.8 Å². The van der Waals surface area contributed by atoms with Crippen LogP contribution in [0.2, 0.25) is 0 Å². The Morgan fingerprint density at radius 1 is 1.00 bits per heavy atom. The van der Waals surface area contributed by atoms with E-state index in [1.807, 2.05) is 0 Å². The maximum Gasteiger partial charge on any atom is 1.00 e. The number of imide groups is 1. The molecule has 0 unspecified atom stereocenters. The summed E-state index contributed by atoms with van der Waals surface area (Å²) in [5.74, 6) is -1.61. The number of rotatable bonds is 13. The van der Waals surface area contributed by atoms with Crippen molar-refractivity contribution in [3.8, 4) is 0 Å². The van der Waals surface area contributed by atoms with Gasteiger partial charge in [-0.2, -0.15) is 0 Å². The molecule has 10 nitrogen and oxygen atoms in total. The Morgan fingerprint density at radius 3 is 2.27 bits per heavy atom. The van der Waals surface area contributed by atoms with Crippen LogP contribution >= 0.6 is 0 Å². The average Bonchev–Trinajstić information content (AvgIpc) is 2.70. The van der Waals surface area contributed by atoms with Gasteiger partial charge >= 0.3 is 175 Å². The number of benzene rings is 1. The summed E-state index contributed by atoms with van der Waals surface area (Å²) in [6, 6.07) is 6.45. The third-order valence-electron chi connectivity index (χ3n) is 4.17. The van der Waals surface area contributed by atoms with Crippen LogP contribution in [0.4, 0.5) is 5.69 Å². The van der Waals surface area contributed by atoms with Crippen molar-refractivity contribution >= 4 is 35.7 Å². The minimum atomic E-state index is -0.616. The predicted octanol–water partition coefficient (Wildman–Crippen LogP) is -7.24. The van der Waals surface area contributed by atoms with Crippen LogP contribution in [0.3, 0.4) is 0 Å². The van der Waals surface area contributed by atoms with Crippen LogP contribution < -0.4 is 175 Å². The molecule has 0 aromatic heterocycles. The number of ether oxygens (including phenoxy) is 1. The predicted molar refractivity (Wildman–Crippen MR) is 107 cm³/mol. The van der Waals surface area contributed by atoms with Gasteiger partial charge in [-0.3, -0.25) is 14.5 Å². The molecule has 1 fully saturated rings. The Bertz CT molecular complexity index is 780. The van der Waals surface area contributed by atoms with E-state index in [0.29, 0.717) is 50.2 Å². The molecule has 0 radical (unpaired) electrons. The molecule has 2 rings (SSSR count). The van der Waals surface area contributed by atoms with E-state index in [1.165, 1.54) is 4.90 Å². The van der Waals surface area contributed by atoms with Gasteiger partial charge in [-0.1, -0.05) is 24.3 Å². The summed E-state index contributed by atoms with van der Waals surface area (Å²) in [7, 11) is 0. The van der Waals surface area contributed by atoms with E-state index in [1.54, 1.807) is 24.3 Å². The molecule has 1 saturated heterocycles. The van der Waals surface area contributed by atoms with Crippen molar-refractivity contribution in [1.29, 1.82) is 0 Å².